The van der Waals surface area contributed by atoms with E-state index in [-0.39, 0.29) is 17.7 Å². The van der Waals surface area contributed by atoms with Gasteiger partial charge >= 0.3 is 0 Å². The van der Waals surface area contributed by atoms with Crippen LogP contribution < -0.4 is 5.32 Å². The highest BCUT2D eigenvalue weighted by atomic mass is 32.2. The molecule has 0 unspecified atom stereocenters. The zero-order valence-electron chi connectivity index (χ0n) is 16.2. The number of hydrogen-bond donors (Lipinski definition) is 1. The molecule has 6 nitrogen and oxygen atoms in total. The lowest BCUT2D eigenvalue weighted by Gasteiger charge is -2.32. The first kappa shape index (κ1) is 19.7. The van der Waals surface area contributed by atoms with Crippen LogP contribution in [0.4, 0.5) is 0 Å². The van der Waals surface area contributed by atoms with Gasteiger partial charge in [-0.05, 0) is 30.5 Å². The lowest BCUT2D eigenvalue weighted by molar-refractivity contribution is -0.119. The molecule has 1 aliphatic heterocycles. The Labute approximate surface area is 174 Å². The summed E-state index contributed by atoms with van der Waals surface area (Å²) in [6.07, 6.45) is 1.95. The summed E-state index contributed by atoms with van der Waals surface area (Å²) < 4.78 is 5.63. The number of thioether (sulfide) groups is 1. The number of hydrogen-bond acceptors (Lipinski definition) is 6. The fourth-order valence-electron chi connectivity index (χ4n) is 3.44. The van der Waals surface area contributed by atoms with Crippen molar-refractivity contribution in [2.24, 2.45) is 0 Å². The minimum Gasteiger partial charge on any atom is -0.411 e. The van der Waals surface area contributed by atoms with Gasteiger partial charge in [-0.3, -0.25) is 9.69 Å². The summed E-state index contributed by atoms with van der Waals surface area (Å²) in [7, 11) is 0. The number of carbonyl (C=O) groups is 1. The molecule has 1 aliphatic rings. The molecule has 0 radical (unpaired) electrons. The van der Waals surface area contributed by atoms with Gasteiger partial charge in [-0.15, -0.1) is 10.2 Å². The lowest BCUT2D eigenvalue weighted by Crippen LogP contribution is -2.44. The van der Waals surface area contributed by atoms with E-state index in [2.05, 4.69) is 44.7 Å². The van der Waals surface area contributed by atoms with E-state index in [0.717, 1.165) is 38.0 Å². The Kier molecular flexibility index (Phi) is 6.59. The van der Waals surface area contributed by atoms with E-state index in [9.17, 15) is 4.79 Å². The largest absolute Gasteiger partial charge is 0.411 e. The first-order valence-corrected chi connectivity index (χ1v) is 10.8. The molecule has 0 saturated carbocycles. The number of rotatable bonds is 7. The van der Waals surface area contributed by atoms with Crippen LogP contribution in [0.1, 0.15) is 18.4 Å². The molecule has 1 fully saturated rings. The van der Waals surface area contributed by atoms with E-state index in [1.165, 1.54) is 17.3 Å². The van der Waals surface area contributed by atoms with E-state index < -0.39 is 0 Å². The first-order valence-electron chi connectivity index (χ1n) is 9.83. The Hall–Kier alpha value is -2.64. The van der Waals surface area contributed by atoms with Gasteiger partial charge in [0.05, 0.1) is 5.75 Å². The average Bonchev–Trinajstić information content (AvgIpc) is 3.24. The van der Waals surface area contributed by atoms with Crippen LogP contribution in [0.2, 0.25) is 0 Å². The third-order valence-corrected chi connectivity index (χ3v) is 5.77. The summed E-state index contributed by atoms with van der Waals surface area (Å²) in [4.78, 5) is 14.7. The summed E-state index contributed by atoms with van der Waals surface area (Å²) in [5, 5.41) is 11.6. The SMILES string of the molecule is O=C(CSc1nnc(-c2ccccc2)o1)NC1CCN(Cc2ccccc2)CC1. The van der Waals surface area contributed by atoms with Gasteiger partial charge in [0.2, 0.25) is 11.8 Å². The van der Waals surface area contributed by atoms with Crippen LogP contribution in [-0.2, 0) is 11.3 Å². The van der Waals surface area contributed by atoms with Crippen molar-refractivity contribution in [2.75, 3.05) is 18.8 Å². The third-order valence-electron chi connectivity index (χ3n) is 4.96. The molecule has 4 rings (SSSR count). The molecule has 0 aliphatic carbocycles. The van der Waals surface area contributed by atoms with Crippen molar-refractivity contribution in [3.63, 3.8) is 0 Å². The highest BCUT2D eigenvalue weighted by Crippen LogP contribution is 2.23. The van der Waals surface area contributed by atoms with Gasteiger partial charge in [0, 0.05) is 31.2 Å². The molecule has 0 atom stereocenters. The Morgan fingerprint density at radius 3 is 2.45 bits per heavy atom. The minimum absolute atomic E-state index is 0.0102. The molecule has 1 amide bonds. The van der Waals surface area contributed by atoms with Gasteiger partial charge in [-0.1, -0.05) is 60.3 Å². The molecule has 2 aromatic carbocycles. The zero-order valence-corrected chi connectivity index (χ0v) is 17.0. The second kappa shape index (κ2) is 9.71. The van der Waals surface area contributed by atoms with Crippen molar-refractivity contribution in [1.29, 1.82) is 0 Å². The Morgan fingerprint density at radius 2 is 1.72 bits per heavy atom. The molecular formula is C22H24N4O2S. The standard InChI is InChI=1S/C22H24N4O2S/c27-20(16-29-22-25-24-21(28-22)18-9-5-2-6-10-18)23-19-11-13-26(14-12-19)15-17-7-3-1-4-8-17/h1-10,19H,11-16H2,(H,23,27). The number of piperidine rings is 1. The van der Waals surface area contributed by atoms with Gasteiger partial charge in [0.25, 0.3) is 5.22 Å². The quantitative estimate of drug-likeness (QED) is 0.602. The zero-order chi connectivity index (χ0) is 19.9. The maximum absolute atomic E-state index is 12.3. The Bertz CT molecular complexity index is 909. The summed E-state index contributed by atoms with van der Waals surface area (Å²) >= 11 is 1.27. The predicted molar refractivity (Wildman–Crippen MR) is 113 cm³/mol. The fourth-order valence-corrected chi connectivity index (χ4v) is 4.01. The van der Waals surface area contributed by atoms with E-state index in [1.807, 2.05) is 36.4 Å². The first-order chi connectivity index (χ1) is 14.3. The Morgan fingerprint density at radius 1 is 1.03 bits per heavy atom. The van der Waals surface area contributed by atoms with Gasteiger partial charge < -0.3 is 9.73 Å². The van der Waals surface area contributed by atoms with Crippen molar-refractivity contribution in [1.82, 2.24) is 20.4 Å². The average molecular weight is 409 g/mol. The molecule has 3 aromatic rings. The molecule has 0 spiro atoms. The second-order valence-corrected chi connectivity index (χ2v) is 8.06. The van der Waals surface area contributed by atoms with Crippen LogP contribution >= 0.6 is 11.8 Å². The van der Waals surface area contributed by atoms with Gasteiger partial charge in [0.1, 0.15) is 0 Å². The van der Waals surface area contributed by atoms with E-state index in [0.29, 0.717) is 11.1 Å². The highest BCUT2D eigenvalue weighted by Gasteiger charge is 2.21. The van der Waals surface area contributed by atoms with Gasteiger partial charge in [-0.25, -0.2) is 0 Å². The maximum atomic E-state index is 12.3. The number of likely N-dealkylation sites (tertiary alicyclic amines) is 1. The van der Waals surface area contributed by atoms with Crippen molar-refractivity contribution in [2.45, 2.75) is 30.7 Å². The summed E-state index contributed by atoms with van der Waals surface area (Å²) in [5.41, 5.74) is 2.21. The monoisotopic (exact) mass is 408 g/mol. The normalized spacial score (nSPS) is 15.3. The smallest absolute Gasteiger partial charge is 0.277 e. The van der Waals surface area contributed by atoms with E-state index in [1.54, 1.807) is 0 Å². The van der Waals surface area contributed by atoms with Crippen LogP contribution in [-0.4, -0.2) is 45.9 Å². The number of carbonyl (C=O) groups excluding carboxylic acids is 1. The molecular weight excluding hydrogens is 384 g/mol. The van der Waals surface area contributed by atoms with Crippen LogP contribution in [0.5, 0.6) is 0 Å². The molecule has 150 valence electrons. The van der Waals surface area contributed by atoms with Crippen molar-refractivity contribution in [3.8, 4) is 11.5 Å². The molecule has 1 N–H and O–H groups in total. The topological polar surface area (TPSA) is 71.3 Å². The van der Waals surface area contributed by atoms with Gasteiger partial charge in [0.15, 0.2) is 0 Å². The molecule has 7 heteroatoms. The summed E-state index contributed by atoms with van der Waals surface area (Å²) in [5.74, 6) is 0.760. The fraction of sp³-hybridized carbons (Fsp3) is 0.318. The number of benzene rings is 2. The molecule has 29 heavy (non-hydrogen) atoms. The third kappa shape index (κ3) is 5.68. The number of nitrogens with one attached hydrogen (secondary N) is 1. The minimum atomic E-state index is 0.0102. The molecule has 1 aromatic heterocycles. The number of aromatic nitrogens is 2. The van der Waals surface area contributed by atoms with Crippen LogP contribution in [0.3, 0.4) is 0 Å². The van der Waals surface area contributed by atoms with Gasteiger partial charge in [-0.2, -0.15) is 0 Å². The van der Waals surface area contributed by atoms with Crippen LogP contribution in [0, 0.1) is 0 Å². The number of amides is 1. The molecule has 2 heterocycles. The van der Waals surface area contributed by atoms with Crippen molar-refractivity contribution in [3.05, 3.63) is 66.2 Å². The van der Waals surface area contributed by atoms with E-state index >= 15 is 0 Å². The maximum Gasteiger partial charge on any atom is 0.277 e. The van der Waals surface area contributed by atoms with Crippen LogP contribution in [0.15, 0.2) is 70.3 Å². The predicted octanol–water partition coefficient (Wildman–Crippen LogP) is 3.61. The Balaban J connectivity index is 1.18. The molecule has 0 bridgehead atoms. The molecule has 1 saturated heterocycles. The van der Waals surface area contributed by atoms with Crippen molar-refractivity contribution >= 4 is 17.7 Å². The number of nitrogens with zero attached hydrogens (tertiary/aromatic N) is 3. The highest BCUT2D eigenvalue weighted by molar-refractivity contribution is 7.99. The lowest BCUT2D eigenvalue weighted by atomic mass is 10.0. The summed E-state index contributed by atoms with van der Waals surface area (Å²) in [6, 6.07) is 20.4. The van der Waals surface area contributed by atoms with Crippen LogP contribution in [0.25, 0.3) is 11.5 Å². The summed E-state index contributed by atoms with van der Waals surface area (Å²) in [6.45, 7) is 2.96. The second-order valence-electron chi connectivity index (χ2n) is 7.13. The van der Waals surface area contributed by atoms with Crippen molar-refractivity contribution < 1.29 is 9.21 Å². The van der Waals surface area contributed by atoms with E-state index in [4.69, 9.17) is 4.42 Å².